The molecule has 0 aromatic heterocycles. The van der Waals surface area contributed by atoms with Crippen molar-refractivity contribution in [2.45, 2.75) is 39.0 Å². The lowest BCUT2D eigenvalue weighted by Gasteiger charge is -2.37. The molecule has 0 unspecified atom stereocenters. The third-order valence-electron chi connectivity index (χ3n) is 5.15. The average molecular weight is 250 g/mol. The molecule has 2 aliphatic rings. The molecule has 18 heavy (non-hydrogen) atoms. The van der Waals surface area contributed by atoms with E-state index >= 15 is 0 Å². The molecule has 0 amide bonds. The summed E-state index contributed by atoms with van der Waals surface area (Å²) in [5.74, 6) is -0.00484. The van der Waals surface area contributed by atoms with Gasteiger partial charge in [-0.05, 0) is 42.9 Å². The van der Waals surface area contributed by atoms with Crippen LogP contribution in [0.4, 0.5) is 0 Å². The van der Waals surface area contributed by atoms with Crippen molar-refractivity contribution in [3.8, 4) is 0 Å². The van der Waals surface area contributed by atoms with Crippen molar-refractivity contribution in [2.24, 2.45) is 23.2 Å². The molecule has 0 aromatic rings. The lowest BCUT2D eigenvalue weighted by atomic mass is 9.65. The van der Waals surface area contributed by atoms with Gasteiger partial charge in [-0.2, -0.15) is 0 Å². The largest absolute Gasteiger partial charge is 0.468 e. The van der Waals surface area contributed by atoms with Gasteiger partial charge in [0.1, 0.15) is 11.7 Å². The van der Waals surface area contributed by atoms with Crippen LogP contribution in [0, 0.1) is 23.2 Å². The lowest BCUT2D eigenvalue weighted by molar-refractivity contribution is -0.154. The number of rotatable bonds is 4. The van der Waals surface area contributed by atoms with Gasteiger partial charge >= 0.3 is 5.97 Å². The van der Waals surface area contributed by atoms with Gasteiger partial charge in [-0.15, -0.1) is 6.58 Å². The Hall–Kier alpha value is -1.12. The Morgan fingerprint density at radius 2 is 2.28 bits per heavy atom. The van der Waals surface area contributed by atoms with E-state index in [1.807, 2.05) is 6.08 Å². The normalized spacial score (nSPS) is 38.6. The highest BCUT2D eigenvalue weighted by molar-refractivity contribution is 6.02. The number of ketones is 1. The first-order chi connectivity index (χ1) is 8.57. The predicted octanol–water partition coefficient (Wildman–Crippen LogP) is 2.75. The summed E-state index contributed by atoms with van der Waals surface area (Å²) in [6, 6.07) is 0. The van der Waals surface area contributed by atoms with E-state index in [4.69, 9.17) is 4.74 Å². The van der Waals surface area contributed by atoms with Crippen LogP contribution < -0.4 is 0 Å². The van der Waals surface area contributed by atoms with Crippen LogP contribution in [0.5, 0.6) is 0 Å². The van der Waals surface area contributed by atoms with Gasteiger partial charge in [0.2, 0.25) is 0 Å². The first-order valence-corrected chi connectivity index (χ1v) is 6.79. The van der Waals surface area contributed by atoms with E-state index in [-0.39, 0.29) is 17.2 Å². The quantitative estimate of drug-likeness (QED) is 0.438. The first kappa shape index (κ1) is 13.3. The molecular weight excluding hydrogens is 228 g/mol. The highest BCUT2D eigenvalue weighted by atomic mass is 16.5. The minimum Gasteiger partial charge on any atom is -0.468 e. The first-order valence-electron chi connectivity index (χ1n) is 6.79. The van der Waals surface area contributed by atoms with E-state index < -0.39 is 5.92 Å². The van der Waals surface area contributed by atoms with Gasteiger partial charge in [-0.1, -0.05) is 13.0 Å². The number of methoxy groups -OCH3 is 1. The number of allylic oxidation sites excluding steroid dienone is 1. The van der Waals surface area contributed by atoms with Crippen LogP contribution in [-0.4, -0.2) is 18.9 Å². The summed E-state index contributed by atoms with van der Waals surface area (Å²) in [6.07, 6.45) is 6.37. The molecule has 0 N–H and O–H groups in total. The molecule has 2 rings (SSSR count). The van der Waals surface area contributed by atoms with Crippen molar-refractivity contribution >= 4 is 11.8 Å². The Morgan fingerprint density at radius 1 is 1.56 bits per heavy atom. The van der Waals surface area contributed by atoms with E-state index in [1.165, 1.54) is 7.11 Å². The second kappa shape index (κ2) is 4.87. The van der Waals surface area contributed by atoms with Gasteiger partial charge in [0.25, 0.3) is 0 Å². The molecule has 0 aliphatic heterocycles. The maximum Gasteiger partial charge on any atom is 0.316 e. The number of esters is 1. The second-order valence-corrected chi connectivity index (χ2v) is 5.74. The van der Waals surface area contributed by atoms with Crippen molar-refractivity contribution in [2.75, 3.05) is 7.11 Å². The van der Waals surface area contributed by atoms with Crippen molar-refractivity contribution in [1.82, 2.24) is 0 Å². The van der Waals surface area contributed by atoms with Gasteiger partial charge in [-0.3, -0.25) is 9.59 Å². The Balaban J connectivity index is 2.38. The molecule has 0 aromatic carbocycles. The Morgan fingerprint density at radius 3 is 2.89 bits per heavy atom. The molecule has 100 valence electrons. The number of ether oxygens (including phenoxy) is 1. The molecule has 0 saturated heterocycles. The van der Waals surface area contributed by atoms with Crippen molar-refractivity contribution in [3.05, 3.63) is 12.7 Å². The highest BCUT2D eigenvalue weighted by Gasteiger charge is 2.62. The molecule has 0 bridgehead atoms. The van der Waals surface area contributed by atoms with Gasteiger partial charge in [0.05, 0.1) is 7.11 Å². The third-order valence-corrected chi connectivity index (χ3v) is 5.15. The number of carbonyl (C=O) groups excluding carboxylic acids is 2. The number of Topliss-reactive ketones (excluding diaryl/α,β-unsaturated/α-hetero) is 1. The minimum absolute atomic E-state index is 0.0856. The molecule has 3 nitrogen and oxygen atoms in total. The number of hydrogen-bond acceptors (Lipinski definition) is 3. The predicted molar refractivity (Wildman–Crippen MR) is 68.9 cm³/mol. The Labute approximate surface area is 109 Å². The molecule has 0 heterocycles. The second-order valence-electron chi connectivity index (χ2n) is 5.74. The fourth-order valence-electron chi connectivity index (χ4n) is 4.28. The van der Waals surface area contributed by atoms with Crippen LogP contribution >= 0.6 is 0 Å². The standard InChI is InChI=1S/C15H22O3/c1-4-5-8-15-10(2)6-7-11(15)9-12(16)13(15)14(17)18-3/h4,10-11,13H,1,5-9H2,2-3H3/t10-,11+,13-,15+/m1/s1. The third kappa shape index (κ3) is 1.72. The Bertz CT molecular complexity index is 366. The SMILES string of the molecule is C=CCC[C@@]12[C@@H](CC[C@H]1C)CC(=O)[C@@H]2C(=O)OC. The summed E-state index contributed by atoms with van der Waals surface area (Å²) in [5.41, 5.74) is -0.168. The monoisotopic (exact) mass is 250 g/mol. The molecule has 4 atom stereocenters. The van der Waals surface area contributed by atoms with Crippen molar-refractivity contribution < 1.29 is 14.3 Å². The smallest absolute Gasteiger partial charge is 0.316 e. The van der Waals surface area contributed by atoms with Crippen molar-refractivity contribution in [1.29, 1.82) is 0 Å². The summed E-state index contributed by atoms with van der Waals surface area (Å²) in [4.78, 5) is 24.2. The van der Waals surface area contributed by atoms with Gasteiger partial charge < -0.3 is 4.74 Å². The molecule has 0 spiro atoms. The lowest BCUT2D eigenvalue weighted by Crippen LogP contribution is -2.40. The van der Waals surface area contributed by atoms with E-state index in [9.17, 15) is 9.59 Å². The summed E-state index contributed by atoms with van der Waals surface area (Å²) < 4.78 is 4.88. The topological polar surface area (TPSA) is 43.4 Å². The summed E-state index contributed by atoms with van der Waals surface area (Å²) in [6.45, 7) is 5.94. The van der Waals surface area contributed by atoms with Crippen LogP contribution in [-0.2, 0) is 14.3 Å². The van der Waals surface area contributed by atoms with Gasteiger partial charge in [0, 0.05) is 6.42 Å². The average Bonchev–Trinajstić information content (AvgIpc) is 2.81. The van der Waals surface area contributed by atoms with Crippen LogP contribution in [0.2, 0.25) is 0 Å². The Kier molecular flexibility index (Phi) is 3.60. The summed E-state index contributed by atoms with van der Waals surface area (Å²) in [7, 11) is 1.38. The fourth-order valence-corrected chi connectivity index (χ4v) is 4.28. The molecule has 0 radical (unpaired) electrons. The van der Waals surface area contributed by atoms with Crippen molar-refractivity contribution in [3.63, 3.8) is 0 Å². The van der Waals surface area contributed by atoms with Crippen LogP contribution in [0.15, 0.2) is 12.7 Å². The summed E-state index contributed by atoms with van der Waals surface area (Å²) in [5, 5.41) is 0. The van der Waals surface area contributed by atoms with E-state index in [1.54, 1.807) is 0 Å². The zero-order valence-electron chi connectivity index (χ0n) is 11.3. The van der Waals surface area contributed by atoms with E-state index in [2.05, 4.69) is 13.5 Å². The number of hydrogen-bond donors (Lipinski definition) is 0. The van der Waals surface area contributed by atoms with E-state index in [0.29, 0.717) is 18.3 Å². The van der Waals surface area contributed by atoms with Gasteiger partial charge in [-0.25, -0.2) is 0 Å². The van der Waals surface area contributed by atoms with Crippen LogP contribution in [0.3, 0.4) is 0 Å². The molecule has 3 heteroatoms. The highest BCUT2D eigenvalue weighted by Crippen LogP contribution is 2.61. The number of carbonyl (C=O) groups is 2. The minimum atomic E-state index is -0.537. The maximum atomic E-state index is 12.2. The maximum absolute atomic E-state index is 12.2. The zero-order valence-corrected chi connectivity index (χ0v) is 11.3. The zero-order chi connectivity index (χ0) is 13.3. The summed E-state index contributed by atoms with van der Waals surface area (Å²) >= 11 is 0. The number of fused-ring (bicyclic) bond motifs is 1. The van der Waals surface area contributed by atoms with Crippen LogP contribution in [0.1, 0.15) is 39.0 Å². The fraction of sp³-hybridized carbons (Fsp3) is 0.733. The van der Waals surface area contributed by atoms with Crippen LogP contribution in [0.25, 0.3) is 0 Å². The molecule has 2 fully saturated rings. The molecule has 2 aliphatic carbocycles. The molecule has 2 saturated carbocycles. The molecular formula is C15H22O3. The van der Waals surface area contributed by atoms with Gasteiger partial charge in [0.15, 0.2) is 0 Å². The van der Waals surface area contributed by atoms with E-state index in [0.717, 1.165) is 25.7 Å².